The van der Waals surface area contributed by atoms with E-state index in [1.54, 1.807) is 13.8 Å². The molecule has 13 N–H and O–H groups in total. The lowest BCUT2D eigenvalue weighted by Crippen LogP contribution is -2.61. The molecule has 2 heterocycles. The summed E-state index contributed by atoms with van der Waals surface area (Å²) in [5.41, 5.74) is 16.6. The van der Waals surface area contributed by atoms with Crippen LogP contribution in [0.5, 0.6) is 0 Å². The van der Waals surface area contributed by atoms with Gasteiger partial charge in [0.05, 0.1) is 13.0 Å². The largest absolute Gasteiger partial charge is 0.370 e. The third-order valence-electron chi connectivity index (χ3n) is 11.1. The van der Waals surface area contributed by atoms with Crippen molar-refractivity contribution in [2.75, 3.05) is 24.6 Å². The van der Waals surface area contributed by atoms with Crippen molar-refractivity contribution in [3.63, 3.8) is 0 Å². The summed E-state index contributed by atoms with van der Waals surface area (Å²) < 4.78 is 13.8. The Morgan fingerprint density at radius 2 is 1.46 bits per heavy atom. The van der Waals surface area contributed by atoms with Gasteiger partial charge in [0.2, 0.25) is 65.0 Å². The molecule has 68 heavy (non-hydrogen) atoms. The second-order valence-electron chi connectivity index (χ2n) is 17.1. The van der Waals surface area contributed by atoms with Crippen LogP contribution in [0.2, 0.25) is 0 Å². The van der Waals surface area contributed by atoms with Gasteiger partial charge < -0.3 is 59.3 Å². The molecule has 0 aromatic heterocycles. The van der Waals surface area contributed by atoms with Crippen LogP contribution in [0, 0.1) is 17.7 Å². The third-order valence-corrected chi connectivity index (χ3v) is 13.5. The van der Waals surface area contributed by atoms with Crippen molar-refractivity contribution in [2.24, 2.45) is 29.0 Å². The van der Waals surface area contributed by atoms with Gasteiger partial charge in [0.1, 0.15) is 48.1 Å². The summed E-state index contributed by atoms with van der Waals surface area (Å²) in [6.07, 6.45) is -0.761. The van der Waals surface area contributed by atoms with Crippen LogP contribution >= 0.6 is 21.6 Å². The number of rotatable bonds is 17. The first-order valence-electron chi connectivity index (χ1n) is 22.3. The maximum Gasteiger partial charge on any atom is 0.246 e. The van der Waals surface area contributed by atoms with Gasteiger partial charge in [0.15, 0.2) is 0 Å². The molecule has 0 aliphatic carbocycles. The molecule has 22 nitrogen and oxygen atoms in total. The predicted octanol–water partition coefficient (Wildman–Crippen LogP) is -2.11. The zero-order chi connectivity index (χ0) is 50.7. The molecule has 0 radical (unpaired) electrons. The molecule has 0 bridgehead atoms. The van der Waals surface area contributed by atoms with Crippen LogP contribution in [-0.2, 0) is 59.2 Å². The first-order valence-corrected chi connectivity index (χ1v) is 24.8. The number of nitrogens with zero attached hydrogens (tertiary/aromatic N) is 1. The van der Waals surface area contributed by atoms with Gasteiger partial charge in [-0.25, -0.2) is 4.39 Å². The van der Waals surface area contributed by atoms with E-state index in [4.69, 9.17) is 17.2 Å². The molecule has 8 atom stereocenters. The Morgan fingerprint density at radius 1 is 0.809 bits per heavy atom. The van der Waals surface area contributed by atoms with E-state index >= 15 is 0 Å². The molecule has 6 unspecified atom stereocenters. The van der Waals surface area contributed by atoms with Crippen LogP contribution in [0.4, 0.5) is 4.39 Å². The maximum atomic E-state index is 14.4. The molecular formula is C43H64FN11O11S2. The topological polar surface area (TPSA) is 353 Å². The predicted molar refractivity (Wildman–Crippen MR) is 249 cm³/mol. The van der Waals surface area contributed by atoms with Crippen molar-refractivity contribution in [1.29, 1.82) is 0 Å². The molecule has 1 aromatic carbocycles. The fraction of sp³-hybridized carbons (Fsp3) is 0.605. The number of amides is 11. The third kappa shape index (κ3) is 18.6. The first-order chi connectivity index (χ1) is 32.1. The molecule has 1 aromatic rings. The first kappa shape index (κ1) is 56.3. The van der Waals surface area contributed by atoms with E-state index in [9.17, 15) is 57.1 Å². The molecule has 0 saturated carbocycles. The highest BCUT2D eigenvalue weighted by molar-refractivity contribution is 8.76. The highest BCUT2D eigenvalue weighted by Crippen LogP contribution is 2.26. The average Bonchev–Trinajstić information content (AvgIpc) is 3.77. The Bertz CT molecular complexity index is 2020. The van der Waals surface area contributed by atoms with Crippen LogP contribution in [0.1, 0.15) is 84.6 Å². The standard InChI is InChI=1S/C43H64FN11O11S2/c1-5-23(4)36-42(65)50-26(12-13-32(45)56)38(61)51-29(19-33(46)57)39(62)53-30(21-68-67-16-14-35(59)49-28(40(63)54-36)18-24-8-10-25(44)11-9-24)43(66)55-15-6-7-31(55)41(64)52-27(17-22(2)3)37(60)48-20-34(47)58/h8-11,22-23,26-31,36H,5-7,12-21H2,1-4H3,(H2,45,56)(H2,46,57)(H2,47,58)(H,48,60)(H,49,59)(H,50,65)(H,51,61)(H,52,64)(H,53,62)(H,54,63)/t23?,26?,27-,28?,29?,30?,31-,36?/m0/s1. The number of nitrogens with two attached hydrogens (primary N) is 3. The fourth-order valence-electron chi connectivity index (χ4n) is 7.32. The second-order valence-corrected chi connectivity index (χ2v) is 19.7. The smallest absolute Gasteiger partial charge is 0.246 e. The Labute approximate surface area is 401 Å². The number of likely N-dealkylation sites (tertiary alicyclic amines) is 1. The summed E-state index contributed by atoms with van der Waals surface area (Å²) in [6.45, 7) is 6.64. The zero-order valence-electron chi connectivity index (χ0n) is 38.6. The van der Waals surface area contributed by atoms with Crippen molar-refractivity contribution in [2.45, 2.75) is 128 Å². The van der Waals surface area contributed by atoms with Gasteiger partial charge in [-0.3, -0.25) is 52.7 Å². The molecular weight excluding hydrogens is 930 g/mol. The molecule has 3 rings (SSSR count). The molecule has 2 aliphatic rings. The van der Waals surface area contributed by atoms with E-state index in [1.165, 1.54) is 29.2 Å². The zero-order valence-corrected chi connectivity index (χ0v) is 40.2. The van der Waals surface area contributed by atoms with E-state index in [1.807, 2.05) is 13.8 Å². The molecule has 25 heteroatoms. The van der Waals surface area contributed by atoms with Gasteiger partial charge in [-0.1, -0.05) is 67.8 Å². The van der Waals surface area contributed by atoms with Crippen LogP contribution in [-0.4, -0.2) is 137 Å². The highest BCUT2D eigenvalue weighted by Gasteiger charge is 2.41. The molecule has 376 valence electrons. The second kappa shape index (κ2) is 27.7. The molecule has 11 amide bonds. The van der Waals surface area contributed by atoms with Crippen molar-refractivity contribution >= 4 is 86.6 Å². The van der Waals surface area contributed by atoms with Gasteiger partial charge in [0.25, 0.3) is 0 Å². The SMILES string of the molecule is CCC(C)C1NC(=O)C(Cc2ccc(F)cc2)NC(=O)CCSSCC(C(=O)N2CCC[C@H]2C(=O)N[C@@H](CC(C)C)C(=O)NCC(N)=O)NC(=O)C(CC(N)=O)NC(=O)C(CCC(N)=O)NC1=O. The fourth-order valence-corrected chi connectivity index (χ4v) is 9.46. The molecule has 2 fully saturated rings. The normalized spacial score (nSPS) is 23.4. The summed E-state index contributed by atoms with van der Waals surface area (Å²) in [4.78, 5) is 147. The minimum absolute atomic E-state index is 0.0665. The van der Waals surface area contributed by atoms with Crippen molar-refractivity contribution in [1.82, 2.24) is 42.1 Å². The number of hydrogen-bond donors (Lipinski definition) is 10. The number of primary amides is 3. The van der Waals surface area contributed by atoms with Gasteiger partial charge in [-0.2, -0.15) is 0 Å². The average molecular weight is 994 g/mol. The number of carbonyl (C=O) groups excluding carboxylic acids is 11. The summed E-state index contributed by atoms with van der Waals surface area (Å²) >= 11 is 0. The van der Waals surface area contributed by atoms with Crippen LogP contribution in [0.25, 0.3) is 0 Å². The van der Waals surface area contributed by atoms with Crippen molar-refractivity contribution in [3.05, 3.63) is 35.6 Å². The van der Waals surface area contributed by atoms with Gasteiger partial charge in [0, 0.05) is 37.3 Å². The number of benzene rings is 1. The van der Waals surface area contributed by atoms with Crippen molar-refractivity contribution < 1.29 is 57.1 Å². The summed E-state index contributed by atoms with van der Waals surface area (Å²) in [6, 6.07) is -4.23. The van der Waals surface area contributed by atoms with E-state index in [-0.39, 0.29) is 56.1 Å². The lowest BCUT2D eigenvalue weighted by molar-refractivity contribution is -0.142. The Hall–Kier alpha value is -5.98. The van der Waals surface area contributed by atoms with Gasteiger partial charge >= 0.3 is 0 Å². The molecule has 0 spiro atoms. The molecule has 2 aliphatic heterocycles. The van der Waals surface area contributed by atoms with Crippen LogP contribution in [0.3, 0.4) is 0 Å². The Morgan fingerprint density at radius 3 is 2.07 bits per heavy atom. The van der Waals surface area contributed by atoms with Crippen LogP contribution in [0.15, 0.2) is 24.3 Å². The van der Waals surface area contributed by atoms with E-state index in [0.717, 1.165) is 21.6 Å². The van der Waals surface area contributed by atoms with E-state index in [0.29, 0.717) is 18.4 Å². The maximum absolute atomic E-state index is 14.4. The van der Waals surface area contributed by atoms with Crippen LogP contribution < -0.4 is 54.4 Å². The quantitative estimate of drug-likeness (QED) is 0.0749. The Kier molecular flexibility index (Phi) is 23.0. The summed E-state index contributed by atoms with van der Waals surface area (Å²) in [5.74, 6) is -10.3. The minimum Gasteiger partial charge on any atom is -0.370 e. The Balaban J connectivity index is 2.02. The number of hydrogen-bond acceptors (Lipinski definition) is 13. The van der Waals surface area contributed by atoms with E-state index < -0.39 is 138 Å². The summed E-state index contributed by atoms with van der Waals surface area (Å²) in [5, 5.41) is 17.9. The lowest BCUT2D eigenvalue weighted by Gasteiger charge is -2.31. The van der Waals surface area contributed by atoms with Gasteiger partial charge in [-0.15, -0.1) is 0 Å². The highest BCUT2D eigenvalue weighted by atomic mass is 33.1. The van der Waals surface area contributed by atoms with E-state index in [2.05, 4.69) is 37.2 Å². The lowest BCUT2D eigenvalue weighted by atomic mass is 9.96. The number of halogens is 1. The van der Waals surface area contributed by atoms with Crippen molar-refractivity contribution in [3.8, 4) is 0 Å². The number of nitrogens with one attached hydrogen (secondary N) is 7. The monoisotopic (exact) mass is 993 g/mol. The van der Waals surface area contributed by atoms with Gasteiger partial charge in [-0.05, 0) is 55.2 Å². The number of carbonyl (C=O) groups is 11. The minimum atomic E-state index is -1.74. The molecule has 2 saturated heterocycles. The summed E-state index contributed by atoms with van der Waals surface area (Å²) in [7, 11) is 2.21.